The molecule has 1 N–H and O–H groups in total. The molecule has 3 heteroatoms. The fourth-order valence-corrected chi connectivity index (χ4v) is 1.65. The summed E-state index contributed by atoms with van der Waals surface area (Å²) in [5.41, 5.74) is 2.18. The average molecular weight is 237 g/mol. The zero-order valence-corrected chi connectivity index (χ0v) is 11.0. The topological polar surface area (TPSA) is 32.7 Å². The SMILES string of the molecule is CCOCCN(C)CC(O)c1ccc(C)cc1. The molecule has 0 fully saturated rings. The van der Waals surface area contributed by atoms with Gasteiger partial charge < -0.3 is 14.7 Å². The van der Waals surface area contributed by atoms with Crippen LogP contribution in [0.25, 0.3) is 0 Å². The first-order valence-corrected chi connectivity index (χ1v) is 6.14. The first-order valence-electron chi connectivity index (χ1n) is 6.14. The van der Waals surface area contributed by atoms with Crippen LogP contribution in [0.5, 0.6) is 0 Å². The minimum absolute atomic E-state index is 0.428. The maximum atomic E-state index is 10.1. The van der Waals surface area contributed by atoms with E-state index in [0.29, 0.717) is 13.2 Å². The van der Waals surface area contributed by atoms with Crippen molar-refractivity contribution in [3.8, 4) is 0 Å². The molecule has 3 nitrogen and oxygen atoms in total. The Labute approximate surface area is 104 Å². The molecular weight excluding hydrogens is 214 g/mol. The van der Waals surface area contributed by atoms with Crippen LogP contribution in [0.3, 0.4) is 0 Å². The van der Waals surface area contributed by atoms with Gasteiger partial charge in [-0.15, -0.1) is 0 Å². The molecule has 0 spiro atoms. The number of aryl methyl sites for hydroxylation is 1. The Morgan fingerprint density at radius 1 is 1.29 bits per heavy atom. The van der Waals surface area contributed by atoms with Gasteiger partial charge in [-0.2, -0.15) is 0 Å². The Morgan fingerprint density at radius 3 is 2.53 bits per heavy atom. The lowest BCUT2D eigenvalue weighted by molar-refractivity contribution is 0.0891. The van der Waals surface area contributed by atoms with Gasteiger partial charge in [0.25, 0.3) is 0 Å². The van der Waals surface area contributed by atoms with Gasteiger partial charge in [-0.05, 0) is 26.5 Å². The lowest BCUT2D eigenvalue weighted by atomic mass is 10.1. The van der Waals surface area contributed by atoms with Gasteiger partial charge in [-0.1, -0.05) is 29.8 Å². The molecule has 0 aromatic heterocycles. The predicted molar refractivity (Wildman–Crippen MR) is 70.1 cm³/mol. The van der Waals surface area contributed by atoms with E-state index in [1.165, 1.54) is 5.56 Å². The molecule has 17 heavy (non-hydrogen) atoms. The molecule has 1 aromatic rings. The molecule has 1 aromatic carbocycles. The molecule has 0 aliphatic heterocycles. The normalized spacial score (nSPS) is 13.0. The molecule has 0 radical (unpaired) electrons. The molecule has 0 aliphatic rings. The molecule has 0 aliphatic carbocycles. The summed E-state index contributed by atoms with van der Waals surface area (Å²) in [6, 6.07) is 8.02. The third-order valence-corrected chi connectivity index (χ3v) is 2.77. The predicted octanol–water partition coefficient (Wildman–Crippen LogP) is 2.00. The summed E-state index contributed by atoms with van der Waals surface area (Å²) in [6.07, 6.45) is -0.428. The van der Waals surface area contributed by atoms with Gasteiger partial charge in [-0.3, -0.25) is 0 Å². The standard InChI is InChI=1S/C14H23NO2/c1-4-17-10-9-15(3)11-14(16)13-7-5-12(2)6-8-13/h5-8,14,16H,4,9-11H2,1-3H3. The second-order valence-electron chi connectivity index (χ2n) is 4.39. The minimum Gasteiger partial charge on any atom is -0.387 e. The van der Waals surface area contributed by atoms with E-state index in [4.69, 9.17) is 4.74 Å². The number of rotatable bonds is 7. The highest BCUT2D eigenvalue weighted by Crippen LogP contribution is 2.14. The van der Waals surface area contributed by atoms with Gasteiger partial charge in [0.05, 0.1) is 12.7 Å². The number of aliphatic hydroxyl groups excluding tert-OH is 1. The van der Waals surface area contributed by atoms with Crippen LogP contribution in [0.4, 0.5) is 0 Å². The molecule has 1 atom stereocenters. The van der Waals surface area contributed by atoms with Crippen molar-refractivity contribution < 1.29 is 9.84 Å². The van der Waals surface area contributed by atoms with Crippen LogP contribution in [0, 0.1) is 6.92 Å². The van der Waals surface area contributed by atoms with E-state index in [2.05, 4.69) is 4.90 Å². The van der Waals surface area contributed by atoms with E-state index < -0.39 is 6.10 Å². The number of nitrogens with zero attached hydrogens (tertiary/aromatic N) is 1. The summed E-state index contributed by atoms with van der Waals surface area (Å²) in [5, 5.41) is 10.1. The largest absolute Gasteiger partial charge is 0.387 e. The maximum absolute atomic E-state index is 10.1. The van der Waals surface area contributed by atoms with E-state index in [1.54, 1.807) is 0 Å². The van der Waals surface area contributed by atoms with Crippen LogP contribution >= 0.6 is 0 Å². The summed E-state index contributed by atoms with van der Waals surface area (Å²) in [4.78, 5) is 2.08. The Kier molecular flexibility index (Phi) is 6.19. The number of ether oxygens (including phenoxy) is 1. The van der Waals surface area contributed by atoms with Gasteiger partial charge in [0.2, 0.25) is 0 Å². The highest BCUT2D eigenvalue weighted by atomic mass is 16.5. The van der Waals surface area contributed by atoms with E-state index in [9.17, 15) is 5.11 Å². The Bertz CT molecular complexity index is 311. The Morgan fingerprint density at radius 2 is 1.94 bits per heavy atom. The second-order valence-corrected chi connectivity index (χ2v) is 4.39. The van der Waals surface area contributed by atoms with Gasteiger partial charge in [-0.25, -0.2) is 0 Å². The number of hydrogen-bond acceptors (Lipinski definition) is 3. The van der Waals surface area contributed by atoms with Crippen LogP contribution in [-0.2, 0) is 4.74 Å². The lowest BCUT2D eigenvalue weighted by Gasteiger charge is -2.20. The fraction of sp³-hybridized carbons (Fsp3) is 0.571. The van der Waals surface area contributed by atoms with E-state index in [1.807, 2.05) is 45.2 Å². The summed E-state index contributed by atoms with van der Waals surface area (Å²) in [6.45, 7) is 6.97. The molecule has 0 heterocycles. The third kappa shape index (κ3) is 5.31. The van der Waals surface area contributed by atoms with Crippen LogP contribution < -0.4 is 0 Å². The van der Waals surface area contributed by atoms with Crippen LogP contribution in [0.15, 0.2) is 24.3 Å². The third-order valence-electron chi connectivity index (χ3n) is 2.77. The van der Waals surface area contributed by atoms with Crippen molar-refractivity contribution in [1.29, 1.82) is 0 Å². The summed E-state index contributed by atoms with van der Waals surface area (Å²) in [7, 11) is 2.00. The first-order chi connectivity index (χ1) is 8.13. The smallest absolute Gasteiger partial charge is 0.0916 e. The minimum atomic E-state index is -0.428. The zero-order valence-electron chi connectivity index (χ0n) is 11.0. The molecule has 96 valence electrons. The van der Waals surface area contributed by atoms with E-state index in [0.717, 1.165) is 18.7 Å². The van der Waals surface area contributed by atoms with Crippen molar-refractivity contribution in [3.05, 3.63) is 35.4 Å². The molecule has 1 unspecified atom stereocenters. The zero-order chi connectivity index (χ0) is 12.7. The number of hydrogen-bond donors (Lipinski definition) is 1. The number of likely N-dealkylation sites (N-methyl/N-ethyl adjacent to an activating group) is 1. The van der Waals surface area contributed by atoms with Crippen molar-refractivity contribution >= 4 is 0 Å². The van der Waals surface area contributed by atoms with Crippen LogP contribution in [0.2, 0.25) is 0 Å². The number of aliphatic hydroxyl groups is 1. The quantitative estimate of drug-likeness (QED) is 0.736. The summed E-state index contributed by atoms with van der Waals surface area (Å²) >= 11 is 0. The molecule has 0 amide bonds. The highest BCUT2D eigenvalue weighted by Gasteiger charge is 2.10. The van der Waals surface area contributed by atoms with Gasteiger partial charge in [0, 0.05) is 19.7 Å². The lowest BCUT2D eigenvalue weighted by Crippen LogP contribution is -2.28. The monoisotopic (exact) mass is 237 g/mol. The number of benzene rings is 1. The average Bonchev–Trinajstić information content (AvgIpc) is 2.30. The van der Waals surface area contributed by atoms with Gasteiger partial charge >= 0.3 is 0 Å². The molecular formula is C14H23NO2. The maximum Gasteiger partial charge on any atom is 0.0916 e. The molecule has 1 rings (SSSR count). The van der Waals surface area contributed by atoms with E-state index >= 15 is 0 Å². The highest BCUT2D eigenvalue weighted by molar-refractivity contribution is 5.23. The van der Waals surface area contributed by atoms with Crippen molar-refractivity contribution in [3.63, 3.8) is 0 Å². The van der Waals surface area contributed by atoms with Crippen LogP contribution in [0.1, 0.15) is 24.2 Å². The Hall–Kier alpha value is -0.900. The summed E-state index contributed by atoms with van der Waals surface area (Å²) < 4.78 is 5.28. The Balaban J connectivity index is 2.37. The van der Waals surface area contributed by atoms with Gasteiger partial charge in [0.15, 0.2) is 0 Å². The summed E-state index contributed by atoms with van der Waals surface area (Å²) in [5.74, 6) is 0. The first kappa shape index (κ1) is 14.2. The van der Waals surface area contributed by atoms with Crippen molar-refractivity contribution in [2.24, 2.45) is 0 Å². The molecule has 0 bridgehead atoms. The van der Waals surface area contributed by atoms with Gasteiger partial charge in [0.1, 0.15) is 0 Å². The van der Waals surface area contributed by atoms with Crippen molar-refractivity contribution in [1.82, 2.24) is 4.90 Å². The molecule has 0 saturated heterocycles. The van der Waals surface area contributed by atoms with E-state index in [-0.39, 0.29) is 0 Å². The van der Waals surface area contributed by atoms with Crippen molar-refractivity contribution in [2.75, 3.05) is 33.4 Å². The fourth-order valence-electron chi connectivity index (χ4n) is 1.65. The second kappa shape index (κ2) is 7.43. The van der Waals surface area contributed by atoms with Crippen molar-refractivity contribution in [2.45, 2.75) is 20.0 Å². The molecule has 0 saturated carbocycles. The van der Waals surface area contributed by atoms with Crippen LogP contribution in [-0.4, -0.2) is 43.4 Å².